The van der Waals surface area contributed by atoms with Crippen LogP contribution in [-0.4, -0.2) is 31.8 Å². The highest BCUT2D eigenvalue weighted by Crippen LogP contribution is 2.49. The second-order valence-electron chi connectivity index (χ2n) is 8.04. The number of ether oxygens (including phenoxy) is 1. The van der Waals surface area contributed by atoms with Gasteiger partial charge in [0.25, 0.3) is 0 Å². The van der Waals surface area contributed by atoms with Crippen molar-refractivity contribution in [3.8, 4) is 5.75 Å². The van der Waals surface area contributed by atoms with E-state index >= 15 is 0 Å². The molecule has 4 N–H and O–H groups in total. The van der Waals surface area contributed by atoms with Crippen molar-refractivity contribution < 1.29 is 9.53 Å². The third-order valence-corrected chi connectivity index (χ3v) is 6.47. The van der Waals surface area contributed by atoms with Gasteiger partial charge in [0.1, 0.15) is 11.9 Å². The first-order valence-corrected chi connectivity index (χ1v) is 10.0. The SMILES string of the molecule is CN1c2ccc(OC(=O)NC3NCCc4ccccc43)cc2C2CCC(N)C21. The van der Waals surface area contributed by atoms with Crippen LogP contribution in [0.25, 0.3) is 0 Å². The van der Waals surface area contributed by atoms with Crippen LogP contribution in [0.5, 0.6) is 5.75 Å². The average molecular weight is 378 g/mol. The molecule has 6 heteroatoms. The van der Waals surface area contributed by atoms with E-state index in [1.54, 1.807) is 0 Å². The first-order valence-electron chi connectivity index (χ1n) is 10.0. The van der Waals surface area contributed by atoms with Gasteiger partial charge in [-0.2, -0.15) is 0 Å². The number of likely N-dealkylation sites (N-methyl/N-ethyl adjacent to an activating group) is 1. The van der Waals surface area contributed by atoms with Crippen LogP contribution in [0, 0.1) is 0 Å². The molecule has 2 aliphatic heterocycles. The van der Waals surface area contributed by atoms with Crippen molar-refractivity contribution in [2.75, 3.05) is 18.5 Å². The van der Waals surface area contributed by atoms with Crippen LogP contribution in [0.4, 0.5) is 10.5 Å². The Morgan fingerprint density at radius 3 is 2.96 bits per heavy atom. The van der Waals surface area contributed by atoms with E-state index in [1.165, 1.54) is 16.8 Å². The number of carbonyl (C=O) groups is 1. The minimum atomic E-state index is -0.444. The van der Waals surface area contributed by atoms with Crippen molar-refractivity contribution in [2.24, 2.45) is 5.73 Å². The number of benzene rings is 2. The molecule has 0 bridgehead atoms. The predicted octanol–water partition coefficient (Wildman–Crippen LogP) is 2.64. The summed E-state index contributed by atoms with van der Waals surface area (Å²) >= 11 is 0. The lowest BCUT2D eigenvalue weighted by atomic mass is 9.97. The van der Waals surface area contributed by atoms with Crippen LogP contribution in [0.3, 0.4) is 0 Å². The van der Waals surface area contributed by atoms with E-state index in [2.05, 4.69) is 28.6 Å². The van der Waals surface area contributed by atoms with Crippen LogP contribution < -0.4 is 26.0 Å². The van der Waals surface area contributed by atoms with Gasteiger partial charge < -0.3 is 20.7 Å². The Morgan fingerprint density at radius 1 is 1.21 bits per heavy atom. The van der Waals surface area contributed by atoms with E-state index in [4.69, 9.17) is 10.5 Å². The predicted molar refractivity (Wildman–Crippen MR) is 109 cm³/mol. The fourth-order valence-electron chi connectivity index (χ4n) is 5.17. The maximum Gasteiger partial charge on any atom is 0.414 e. The first-order chi connectivity index (χ1) is 13.6. The lowest BCUT2D eigenvalue weighted by Crippen LogP contribution is -2.43. The monoisotopic (exact) mass is 378 g/mol. The van der Waals surface area contributed by atoms with Crippen LogP contribution in [-0.2, 0) is 6.42 Å². The summed E-state index contributed by atoms with van der Waals surface area (Å²) in [4.78, 5) is 14.8. The van der Waals surface area contributed by atoms with Gasteiger partial charge in [-0.1, -0.05) is 24.3 Å². The van der Waals surface area contributed by atoms with Gasteiger partial charge in [-0.3, -0.25) is 5.32 Å². The highest BCUT2D eigenvalue weighted by atomic mass is 16.6. The smallest absolute Gasteiger partial charge is 0.410 e. The molecule has 1 aliphatic carbocycles. The molecule has 1 saturated carbocycles. The standard InChI is InChI=1S/C22H26N4O2/c1-26-19-9-6-14(12-17(19)16-7-8-18(23)20(16)26)28-22(27)25-21-15-5-3-2-4-13(15)10-11-24-21/h2-6,9,12,16,18,20-21,24H,7-8,10-11,23H2,1H3,(H,25,27). The highest BCUT2D eigenvalue weighted by Gasteiger charge is 2.44. The minimum absolute atomic E-state index is 0.201. The molecule has 3 aliphatic rings. The molecule has 1 fully saturated rings. The van der Waals surface area contributed by atoms with E-state index in [0.717, 1.165) is 31.4 Å². The van der Waals surface area contributed by atoms with Gasteiger partial charge in [-0.25, -0.2) is 4.79 Å². The van der Waals surface area contributed by atoms with E-state index in [9.17, 15) is 4.79 Å². The number of hydrogen-bond acceptors (Lipinski definition) is 5. The number of carbonyl (C=O) groups excluding carboxylic acids is 1. The number of hydrogen-bond donors (Lipinski definition) is 3. The Hall–Kier alpha value is -2.57. The lowest BCUT2D eigenvalue weighted by molar-refractivity contribution is 0.192. The Balaban J connectivity index is 1.31. The molecule has 0 radical (unpaired) electrons. The summed E-state index contributed by atoms with van der Waals surface area (Å²) in [7, 11) is 2.11. The van der Waals surface area contributed by atoms with Gasteiger partial charge in [-0.15, -0.1) is 0 Å². The van der Waals surface area contributed by atoms with Crippen LogP contribution in [0.1, 0.15) is 41.6 Å². The molecule has 1 amide bonds. The Labute approximate surface area is 165 Å². The molecule has 2 aromatic carbocycles. The normalized spacial score (nSPS) is 27.7. The highest BCUT2D eigenvalue weighted by molar-refractivity contribution is 5.72. The number of rotatable bonds is 2. The van der Waals surface area contributed by atoms with Crippen LogP contribution >= 0.6 is 0 Å². The van der Waals surface area contributed by atoms with E-state index in [-0.39, 0.29) is 12.2 Å². The van der Waals surface area contributed by atoms with Crippen molar-refractivity contribution in [1.82, 2.24) is 10.6 Å². The van der Waals surface area contributed by atoms with Gasteiger partial charge in [-0.05, 0) is 54.2 Å². The molecular weight excluding hydrogens is 352 g/mol. The largest absolute Gasteiger partial charge is 0.414 e. The number of amides is 1. The lowest BCUT2D eigenvalue weighted by Gasteiger charge is -2.27. The molecule has 5 rings (SSSR count). The third kappa shape index (κ3) is 2.84. The average Bonchev–Trinajstić information content (AvgIpc) is 3.21. The van der Waals surface area contributed by atoms with Crippen LogP contribution in [0.2, 0.25) is 0 Å². The molecular formula is C22H26N4O2. The summed E-state index contributed by atoms with van der Waals surface area (Å²) in [6.45, 7) is 0.830. The zero-order chi connectivity index (χ0) is 19.3. The number of anilines is 1. The van der Waals surface area contributed by atoms with Crippen molar-refractivity contribution in [2.45, 2.75) is 43.4 Å². The number of nitrogens with two attached hydrogens (primary N) is 1. The van der Waals surface area contributed by atoms with Gasteiger partial charge in [0.05, 0.1) is 6.04 Å². The van der Waals surface area contributed by atoms with Gasteiger partial charge in [0, 0.05) is 31.2 Å². The molecule has 0 saturated heterocycles. The zero-order valence-corrected chi connectivity index (χ0v) is 16.0. The molecule has 6 nitrogen and oxygen atoms in total. The van der Waals surface area contributed by atoms with Crippen molar-refractivity contribution in [3.63, 3.8) is 0 Å². The molecule has 4 atom stereocenters. The molecule has 146 valence electrons. The third-order valence-electron chi connectivity index (χ3n) is 6.47. The van der Waals surface area contributed by atoms with Gasteiger partial charge >= 0.3 is 6.09 Å². The minimum Gasteiger partial charge on any atom is -0.410 e. The second kappa shape index (κ2) is 6.79. The van der Waals surface area contributed by atoms with E-state index < -0.39 is 6.09 Å². The van der Waals surface area contributed by atoms with Gasteiger partial charge in [0.15, 0.2) is 0 Å². The summed E-state index contributed by atoms with van der Waals surface area (Å²) in [5, 5.41) is 6.29. The van der Waals surface area contributed by atoms with E-state index in [1.807, 2.05) is 36.4 Å². The maximum absolute atomic E-state index is 12.5. The summed E-state index contributed by atoms with van der Waals surface area (Å²) in [5.74, 6) is 1.00. The molecule has 0 aromatic heterocycles. The van der Waals surface area contributed by atoms with Crippen molar-refractivity contribution in [1.29, 1.82) is 0 Å². The molecule has 2 aromatic rings. The molecule has 2 heterocycles. The Morgan fingerprint density at radius 2 is 2.07 bits per heavy atom. The first kappa shape index (κ1) is 17.5. The Kier molecular flexibility index (Phi) is 4.25. The molecule has 28 heavy (non-hydrogen) atoms. The molecule has 4 unspecified atom stereocenters. The van der Waals surface area contributed by atoms with Gasteiger partial charge in [0.2, 0.25) is 0 Å². The van der Waals surface area contributed by atoms with Crippen molar-refractivity contribution >= 4 is 11.8 Å². The van der Waals surface area contributed by atoms with Crippen molar-refractivity contribution in [3.05, 3.63) is 59.2 Å². The summed E-state index contributed by atoms with van der Waals surface area (Å²) in [6, 6.07) is 14.6. The zero-order valence-electron chi connectivity index (χ0n) is 16.0. The summed E-state index contributed by atoms with van der Waals surface area (Å²) < 4.78 is 5.63. The summed E-state index contributed by atoms with van der Waals surface area (Å²) in [6.07, 6.45) is 2.42. The molecule has 0 spiro atoms. The quantitative estimate of drug-likeness (QED) is 0.749. The van der Waals surface area contributed by atoms with E-state index in [0.29, 0.717) is 17.7 Å². The fraction of sp³-hybridized carbons (Fsp3) is 0.409. The number of nitrogens with one attached hydrogen (secondary N) is 2. The Bertz CT molecular complexity index is 915. The number of nitrogens with zero attached hydrogens (tertiary/aromatic N) is 1. The summed E-state index contributed by atoms with van der Waals surface area (Å²) in [5.41, 5.74) is 11.1. The number of fused-ring (bicyclic) bond motifs is 4. The second-order valence-corrected chi connectivity index (χ2v) is 8.04. The fourth-order valence-corrected chi connectivity index (χ4v) is 5.17. The van der Waals surface area contributed by atoms with Crippen LogP contribution in [0.15, 0.2) is 42.5 Å². The topological polar surface area (TPSA) is 79.6 Å². The maximum atomic E-state index is 12.5.